The van der Waals surface area contributed by atoms with E-state index in [0.717, 1.165) is 4.47 Å². The van der Waals surface area contributed by atoms with Crippen molar-refractivity contribution < 1.29 is 9.53 Å². The van der Waals surface area contributed by atoms with E-state index in [0.29, 0.717) is 16.5 Å². The number of hydrogen-bond donors (Lipinski definition) is 1. The van der Waals surface area contributed by atoms with Gasteiger partial charge in [0.05, 0.1) is 17.8 Å². The highest BCUT2D eigenvalue weighted by molar-refractivity contribution is 9.10. The molecule has 0 radical (unpaired) electrons. The van der Waals surface area contributed by atoms with Crippen LogP contribution in [-0.4, -0.2) is 23.0 Å². The summed E-state index contributed by atoms with van der Waals surface area (Å²) >= 11 is 9.42. The van der Waals surface area contributed by atoms with Crippen molar-refractivity contribution in [2.75, 3.05) is 12.4 Å². The fraction of sp³-hybridized carbons (Fsp3) is 0.0833. The monoisotopic (exact) mass is 341 g/mol. The fourth-order valence-electron chi connectivity index (χ4n) is 1.41. The van der Waals surface area contributed by atoms with Gasteiger partial charge in [-0.15, -0.1) is 0 Å². The molecular formula is C12H9BrClN3O2. The minimum absolute atomic E-state index is 0.237. The lowest BCUT2D eigenvalue weighted by molar-refractivity contribution is 0.0601. The van der Waals surface area contributed by atoms with Crippen LogP contribution in [0.1, 0.15) is 10.4 Å². The first-order valence-corrected chi connectivity index (χ1v) is 6.39. The van der Waals surface area contributed by atoms with E-state index in [2.05, 4.69) is 36.0 Å². The van der Waals surface area contributed by atoms with E-state index in [-0.39, 0.29) is 5.56 Å². The maximum absolute atomic E-state index is 11.6. The molecule has 0 saturated carbocycles. The van der Waals surface area contributed by atoms with Crippen LogP contribution in [0.4, 0.5) is 11.5 Å². The number of esters is 1. The Labute approximate surface area is 123 Å². The first kappa shape index (κ1) is 13.8. The Morgan fingerprint density at radius 1 is 1.47 bits per heavy atom. The van der Waals surface area contributed by atoms with Gasteiger partial charge >= 0.3 is 5.97 Å². The van der Waals surface area contributed by atoms with E-state index in [9.17, 15) is 4.79 Å². The Kier molecular flexibility index (Phi) is 4.34. The molecule has 1 heterocycles. The number of methoxy groups -OCH3 is 1. The number of halogens is 2. The zero-order chi connectivity index (χ0) is 13.8. The smallest absolute Gasteiger partial charge is 0.343 e. The molecule has 5 nitrogen and oxygen atoms in total. The molecule has 0 aliphatic rings. The number of ether oxygens (including phenoxy) is 1. The zero-order valence-electron chi connectivity index (χ0n) is 9.85. The number of rotatable bonds is 3. The lowest BCUT2D eigenvalue weighted by Gasteiger charge is -2.10. The number of carbonyl (C=O) groups is 1. The largest absolute Gasteiger partial charge is 0.465 e. The third-order valence-corrected chi connectivity index (χ3v) is 3.12. The van der Waals surface area contributed by atoms with Crippen molar-refractivity contribution in [1.82, 2.24) is 9.97 Å². The minimum Gasteiger partial charge on any atom is -0.465 e. The number of aromatic nitrogens is 2. The Hall–Kier alpha value is -1.66. The summed E-state index contributed by atoms with van der Waals surface area (Å²) in [6.45, 7) is 0. The van der Waals surface area contributed by atoms with Crippen LogP contribution in [-0.2, 0) is 4.74 Å². The SMILES string of the molecule is COC(=O)c1cncnc1Nc1cc(Br)ccc1Cl. The van der Waals surface area contributed by atoms with Crippen LogP contribution >= 0.6 is 27.5 Å². The van der Waals surface area contributed by atoms with E-state index in [1.165, 1.54) is 19.6 Å². The van der Waals surface area contributed by atoms with Gasteiger partial charge in [-0.3, -0.25) is 0 Å². The first-order chi connectivity index (χ1) is 9.11. The van der Waals surface area contributed by atoms with Crippen molar-refractivity contribution in [2.45, 2.75) is 0 Å². The molecule has 1 N–H and O–H groups in total. The van der Waals surface area contributed by atoms with Crippen LogP contribution in [0.25, 0.3) is 0 Å². The molecule has 2 rings (SSSR count). The molecule has 7 heteroatoms. The summed E-state index contributed by atoms with van der Waals surface area (Å²) < 4.78 is 5.52. The lowest BCUT2D eigenvalue weighted by atomic mass is 10.2. The summed E-state index contributed by atoms with van der Waals surface area (Å²) in [5.41, 5.74) is 0.862. The van der Waals surface area contributed by atoms with Gasteiger partial charge in [-0.1, -0.05) is 27.5 Å². The number of nitrogens with one attached hydrogen (secondary N) is 1. The van der Waals surface area contributed by atoms with Crippen LogP contribution in [0.3, 0.4) is 0 Å². The maximum Gasteiger partial charge on any atom is 0.343 e. The topological polar surface area (TPSA) is 64.1 Å². The van der Waals surface area contributed by atoms with Crippen molar-refractivity contribution in [2.24, 2.45) is 0 Å². The molecule has 0 fully saturated rings. The summed E-state index contributed by atoms with van der Waals surface area (Å²) in [5.74, 6) is -0.184. The van der Waals surface area contributed by atoms with E-state index < -0.39 is 5.97 Å². The van der Waals surface area contributed by atoms with Crippen LogP contribution in [0.5, 0.6) is 0 Å². The molecule has 19 heavy (non-hydrogen) atoms. The molecule has 0 amide bonds. The predicted molar refractivity (Wildman–Crippen MR) is 75.8 cm³/mol. The number of nitrogens with zero attached hydrogens (tertiary/aromatic N) is 2. The van der Waals surface area contributed by atoms with Gasteiger partial charge < -0.3 is 10.1 Å². The number of anilines is 2. The van der Waals surface area contributed by atoms with Crippen LogP contribution in [0.2, 0.25) is 5.02 Å². The fourth-order valence-corrected chi connectivity index (χ4v) is 1.94. The molecule has 1 aromatic carbocycles. The van der Waals surface area contributed by atoms with Gasteiger partial charge in [0, 0.05) is 10.7 Å². The minimum atomic E-state index is -0.519. The van der Waals surface area contributed by atoms with Gasteiger partial charge in [-0.25, -0.2) is 14.8 Å². The van der Waals surface area contributed by atoms with Crippen LogP contribution in [0.15, 0.2) is 35.2 Å². The first-order valence-electron chi connectivity index (χ1n) is 5.22. The second-order valence-electron chi connectivity index (χ2n) is 3.53. The third-order valence-electron chi connectivity index (χ3n) is 2.30. The van der Waals surface area contributed by atoms with E-state index in [1.807, 2.05) is 6.07 Å². The lowest BCUT2D eigenvalue weighted by Crippen LogP contribution is -2.08. The Morgan fingerprint density at radius 3 is 3.00 bits per heavy atom. The molecule has 2 aromatic rings. The number of hydrogen-bond acceptors (Lipinski definition) is 5. The van der Waals surface area contributed by atoms with Gasteiger partial charge in [0.2, 0.25) is 0 Å². The maximum atomic E-state index is 11.6. The van der Waals surface area contributed by atoms with Crippen molar-refractivity contribution in [3.63, 3.8) is 0 Å². The Bertz CT molecular complexity index is 622. The number of carbonyl (C=O) groups excluding carboxylic acids is 1. The summed E-state index contributed by atoms with van der Waals surface area (Å²) in [4.78, 5) is 19.4. The molecule has 0 unspecified atom stereocenters. The normalized spacial score (nSPS) is 10.1. The van der Waals surface area contributed by atoms with Crippen LogP contribution in [0, 0.1) is 0 Å². The molecule has 0 bridgehead atoms. The summed E-state index contributed by atoms with van der Waals surface area (Å²) in [6.07, 6.45) is 2.72. The standard InChI is InChI=1S/C12H9BrClN3O2/c1-19-12(18)8-5-15-6-16-11(8)17-10-4-7(13)2-3-9(10)14/h2-6H,1H3,(H,15,16,17). The molecule has 0 aliphatic heterocycles. The van der Waals surface area contributed by atoms with Crippen LogP contribution < -0.4 is 5.32 Å². The Morgan fingerprint density at radius 2 is 2.26 bits per heavy atom. The molecule has 0 saturated heterocycles. The van der Waals surface area contributed by atoms with Crippen molar-refractivity contribution in [3.8, 4) is 0 Å². The highest BCUT2D eigenvalue weighted by Gasteiger charge is 2.14. The van der Waals surface area contributed by atoms with E-state index in [1.54, 1.807) is 12.1 Å². The van der Waals surface area contributed by atoms with Gasteiger partial charge in [0.25, 0.3) is 0 Å². The van der Waals surface area contributed by atoms with Crippen molar-refractivity contribution in [3.05, 3.63) is 45.8 Å². The number of benzene rings is 1. The van der Waals surface area contributed by atoms with E-state index >= 15 is 0 Å². The zero-order valence-corrected chi connectivity index (χ0v) is 12.2. The average molecular weight is 343 g/mol. The highest BCUT2D eigenvalue weighted by Crippen LogP contribution is 2.28. The van der Waals surface area contributed by atoms with Gasteiger partial charge in [-0.2, -0.15) is 0 Å². The summed E-state index contributed by atoms with van der Waals surface area (Å²) in [5, 5.41) is 3.49. The third kappa shape index (κ3) is 3.21. The summed E-state index contributed by atoms with van der Waals surface area (Å²) in [6, 6.07) is 5.33. The van der Waals surface area contributed by atoms with E-state index in [4.69, 9.17) is 11.6 Å². The average Bonchev–Trinajstić information content (AvgIpc) is 2.42. The highest BCUT2D eigenvalue weighted by atomic mass is 79.9. The van der Waals surface area contributed by atoms with Gasteiger partial charge in [0.1, 0.15) is 17.7 Å². The molecular weight excluding hydrogens is 334 g/mol. The molecule has 1 aromatic heterocycles. The molecule has 0 aliphatic carbocycles. The Balaban J connectivity index is 2.38. The second-order valence-corrected chi connectivity index (χ2v) is 4.85. The molecule has 0 spiro atoms. The molecule has 98 valence electrons. The van der Waals surface area contributed by atoms with Crippen molar-refractivity contribution in [1.29, 1.82) is 0 Å². The quantitative estimate of drug-likeness (QED) is 0.866. The van der Waals surface area contributed by atoms with Gasteiger partial charge in [-0.05, 0) is 18.2 Å². The molecule has 0 atom stereocenters. The predicted octanol–water partition coefficient (Wildman–Crippen LogP) is 3.42. The van der Waals surface area contributed by atoms with Gasteiger partial charge in [0.15, 0.2) is 0 Å². The second kappa shape index (κ2) is 5.99. The van der Waals surface area contributed by atoms with Crippen molar-refractivity contribution >= 4 is 45.0 Å². The summed E-state index contributed by atoms with van der Waals surface area (Å²) in [7, 11) is 1.30.